The molecule has 10 heteroatoms. The lowest BCUT2D eigenvalue weighted by atomic mass is 10.0. The molecule has 0 aliphatic heterocycles. The SMILES string of the molecule is CC/C=C\C/C=C\C/C=C\C/C=C\C/C=C\CCCCCCCC(=O)OC(COC(=O)CCCCCCCCCCCCCCCCCCCCCCCCCCCCCCCCCCCCCC)COP(=O)([O-])OCC[N+](C)(C)C. The van der Waals surface area contributed by atoms with Gasteiger partial charge in [0.15, 0.2) is 6.10 Å². The van der Waals surface area contributed by atoms with Gasteiger partial charge in [-0.25, -0.2) is 0 Å². The van der Waals surface area contributed by atoms with Crippen molar-refractivity contribution in [2.45, 2.75) is 335 Å². The van der Waals surface area contributed by atoms with Gasteiger partial charge in [-0.15, -0.1) is 0 Å². The number of hydrogen-bond acceptors (Lipinski definition) is 8. The molecule has 9 nitrogen and oxygen atoms in total. The third-order valence-electron chi connectivity index (χ3n) is 15.3. The Morgan fingerprint density at radius 3 is 1.05 bits per heavy atom. The Morgan fingerprint density at radius 2 is 0.704 bits per heavy atom. The highest BCUT2D eigenvalue weighted by molar-refractivity contribution is 7.45. The molecule has 0 radical (unpaired) electrons. The molecule has 0 aromatic rings. The fraction of sp³-hybridized carbons (Fsp3) is 0.831. The number of nitrogens with zero attached hydrogens (tertiary/aromatic N) is 1. The summed E-state index contributed by atoms with van der Waals surface area (Å²) < 4.78 is 34.2. The minimum Gasteiger partial charge on any atom is -0.756 e. The number of phosphoric acid groups is 1. The van der Waals surface area contributed by atoms with E-state index in [0.717, 1.165) is 83.5 Å². The van der Waals surface area contributed by atoms with Crippen molar-refractivity contribution in [2.24, 2.45) is 0 Å². The number of ether oxygens (including phenoxy) is 2. The number of unbranched alkanes of at least 4 members (excludes halogenated alkanes) is 40. The van der Waals surface area contributed by atoms with Gasteiger partial charge in [0.05, 0.1) is 27.7 Å². The van der Waals surface area contributed by atoms with Gasteiger partial charge in [-0.05, 0) is 57.8 Å². The van der Waals surface area contributed by atoms with Crippen LogP contribution in [-0.4, -0.2) is 70.0 Å². The summed E-state index contributed by atoms with van der Waals surface area (Å²) in [6, 6.07) is 0. The Hall–Kier alpha value is -2.29. The van der Waals surface area contributed by atoms with Crippen molar-refractivity contribution < 1.29 is 42.1 Å². The molecule has 0 aromatic carbocycles. The molecule has 0 amide bonds. The van der Waals surface area contributed by atoms with Crippen molar-refractivity contribution >= 4 is 19.8 Å². The van der Waals surface area contributed by atoms with Gasteiger partial charge in [-0.3, -0.25) is 14.2 Å². The van der Waals surface area contributed by atoms with Gasteiger partial charge in [0.25, 0.3) is 7.82 Å². The molecule has 0 fully saturated rings. The number of carbonyl (C=O) groups excluding carboxylic acids is 2. The molecule has 0 aliphatic rings. The fourth-order valence-electron chi connectivity index (χ4n) is 10.0. The molecule has 0 N–H and O–H groups in total. The zero-order valence-corrected chi connectivity index (χ0v) is 54.9. The standard InChI is InChI=1S/C71H132NO8P/c1-6-8-10-12-14-16-18-20-22-24-26-28-29-30-31-32-33-34-35-36-37-38-39-40-41-42-44-45-47-49-51-53-55-57-59-61-63-70(73)77-67-69(68-79-81(75,76)78-66-65-72(3,4)5)80-71(74)64-62-60-58-56-54-52-50-48-46-43-27-25-23-21-19-17-15-13-11-9-7-2/h9,11,15,17,21,23,27,43,48,50,69H,6-8,10,12-14,16,18-20,22,24-26,28-42,44-47,49,51-68H2,1-5H3/b11-9-,17-15-,23-21-,43-27-,50-48-. The van der Waals surface area contributed by atoms with Crippen molar-refractivity contribution in [3.8, 4) is 0 Å². The van der Waals surface area contributed by atoms with Crippen LogP contribution in [0.3, 0.4) is 0 Å². The molecule has 2 unspecified atom stereocenters. The summed E-state index contributed by atoms with van der Waals surface area (Å²) in [6.07, 6.45) is 81.8. The van der Waals surface area contributed by atoms with Crippen LogP contribution in [0.1, 0.15) is 328 Å². The van der Waals surface area contributed by atoms with E-state index in [-0.39, 0.29) is 32.0 Å². The predicted octanol–water partition coefficient (Wildman–Crippen LogP) is 21.6. The van der Waals surface area contributed by atoms with Crippen molar-refractivity contribution in [1.82, 2.24) is 0 Å². The van der Waals surface area contributed by atoms with Crippen LogP contribution in [0, 0.1) is 0 Å². The number of quaternary nitrogens is 1. The molecule has 0 aliphatic carbocycles. The van der Waals surface area contributed by atoms with Crippen LogP contribution in [0.4, 0.5) is 0 Å². The molecule has 2 atom stereocenters. The largest absolute Gasteiger partial charge is 0.756 e. The van der Waals surface area contributed by atoms with Crippen molar-refractivity contribution in [2.75, 3.05) is 47.5 Å². The van der Waals surface area contributed by atoms with Crippen LogP contribution >= 0.6 is 7.82 Å². The minimum absolute atomic E-state index is 0.0359. The minimum atomic E-state index is -4.65. The number of allylic oxidation sites excluding steroid dienone is 10. The van der Waals surface area contributed by atoms with E-state index in [1.807, 2.05) is 21.1 Å². The molecule has 0 aromatic heterocycles. The maximum atomic E-state index is 12.8. The van der Waals surface area contributed by atoms with E-state index in [1.54, 1.807) is 0 Å². The smallest absolute Gasteiger partial charge is 0.306 e. The molecule has 81 heavy (non-hydrogen) atoms. The van der Waals surface area contributed by atoms with E-state index in [0.29, 0.717) is 17.4 Å². The van der Waals surface area contributed by atoms with E-state index in [4.69, 9.17) is 18.5 Å². The summed E-state index contributed by atoms with van der Waals surface area (Å²) in [5.74, 6) is -0.844. The molecule has 0 heterocycles. The maximum absolute atomic E-state index is 12.8. The number of esters is 2. The summed E-state index contributed by atoms with van der Waals surface area (Å²) >= 11 is 0. The number of rotatable bonds is 64. The van der Waals surface area contributed by atoms with Crippen LogP contribution < -0.4 is 4.89 Å². The molecule has 0 rings (SSSR count). The second-order valence-corrected chi connectivity index (χ2v) is 25.9. The predicted molar refractivity (Wildman–Crippen MR) is 347 cm³/mol. The topological polar surface area (TPSA) is 111 Å². The van der Waals surface area contributed by atoms with Gasteiger partial charge >= 0.3 is 11.9 Å². The monoisotopic (exact) mass is 1160 g/mol. The Bertz CT molecular complexity index is 1550. The van der Waals surface area contributed by atoms with Gasteiger partial charge in [-0.2, -0.15) is 0 Å². The highest BCUT2D eigenvalue weighted by Gasteiger charge is 2.22. The normalized spacial score (nSPS) is 13.5. The van der Waals surface area contributed by atoms with Crippen LogP contribution in [0.15, 0.2) is 60.8 Å². The summed E-state index contributed by atoms with van der Waals surface area (Å²) in [6.45, 7) is 4.15. The summed E-state index contributed by atoms with van der Waals surface area (Å²) in [7, 11) is 1.16. The van der Waals surface area contributed by atoms with E-state index in [2.05, 4.69) is 74.6 Å². The van der Waals surface area contributed by atoms with Crippen molar-refractivity contribution in [3.63, 3.8) is 0 Å². The zero-order valence-electron chi connectivity index (χ0n) is 54.0. The van der Waals surface area contributed by atoms with Gasteiger partial charge < -0.3 is 27.9 Å². The third kappa shape index (κ3) is 66.7. The average molecular weight is 1160 g/mol. The summed E-state index contributed by atoms with van der Waals surface area (Å²) in [5, 5.41) is 0. The van der Waals surface area contributed by atoms with E-state index in [1.165, 1.54) is 212 Å². The van der Waals surface area contributed by atoms with E-state index >= 15 is 0 Å². The highest BCUT2D eigenvalue weighted by atomic mass is 31.2. The molecule has 0 bridgehead atoms. The van der Waals surface area contributed by atoms with Crippen LogP contribution in [-0.2, 0) is 32.7 Å². The number of likely N-dealkylation sites (N-methyl/N-ethyl adjacent to an activating group) is 1. The number of carbonyl (C=O) groups is 2. The Morgan fingerprint density at radius 1 is 0.395 bits per heavy atom. The van der Waals surface area contributed by atoms with Gasteiger partial charge in [0.1, 0.15) is 19.8 Å². The van der Waals surface area contributed by atoms with Crippen molar-refractivity contribution in [3.05, 3.63) is 60.8 Å². The number of hydrogen-bond donors (Lipinski definition) is 0. The average Bonchev–Trinajstić information content (AvgIpc) is 3.43. The molecule has 0 saturated heterocycles. The van der Waals surface area contributed by atoms with Crippen LogP contribution in [0.2, 0.25) is 0 Å². The quantitative estimate of drug-likeness (QED) is 0.0195. The molecular weight excluding hydrogens is 1030 g/mol. The van der Waals surface area contributed by atoms with Gasteiger partial charge in [-0.1, -0.05) is 319 Å². The summed E-state index contributed by atoms with van der Waals surface area (Å²) in [5.41, 5.74) is 0. The van der Waals surface area contributed by atoms with Crippen molar-refractivity contribution in [1.29, 1.82) is 0 Å². The first-order chi connectivity index (χ1) is 39.5. The fourth-order valence-corrected chi connectivity index (χ4v) is 10.8. The van der Waals surface area contributed by atoms with Crippen LogP contribution in [0.25, 0.3) is 0 Å². The van der Waals surface area contributed by atoms with Crippen LogP contribution in [0.5, 0.6) is 0 Å². The first-order valence-electron chi connectivity index (χ1n) is 34.5. The number of phosphoric ester groups is 1. The first kappa shape index (κ1) is 78.7. The van der Waals surface area contributed by atoms with Gasteiger partial charge in [0.2, 0.25) is 0 Å². The Kier molecular flexibility index (Phi) is 60.5. The van der Waals surface area contributed by atoms with E-state index < -0.39 is 26.5 Å². The zero-order chi connectivity index (χ0) is 59.1. The molecule has 474 valence electrons. The maximum Gasteiger partial charge on any atom is 0.306 e. The lowest BCUT2D eigenvalue weighted by molar-refractivity contribution is -0.870. The molecule has 0 spiro atoms. The second kappa shape index (κ2) is 62.2. The molecule has 0 saturated carbocycles. The first-order valence-corrected chi connectivity index (χ1v) is 36.0. The molecular formula is C71H132NO8P. The van der Waals surface area contributed by atoms with E-state index in [9.17, 15) is 19.0 Å². The third-order valence-corrected chi connectivity index (χ3v) is 16.3. The Labute approximate surface area is 502 Å². The Balaban J connectivity index is 3.96. The lowest BCUT2D eigenvalue weighted by Crippen LogP contribution is -2.37. The summed E-state index contributed by atoms with van der Waals surface area (Å²) in [4.78, 5) is 38.0. The lowest BCUT2D eigenvalue weighted by Gasteiger charge is -2.28. The van der Waals surface area contributed by atoms with Gasteiger partial charge in [0, 0.05) is 12.8 Å². The second-order valence-electron chi connectivity index (χ2n) is 24.5. The highest BCUT2D eigenvalue weighted by Crippen LogP contribution is 2.38.